The molecule has 0 saturated heterocycles. The van der Waals surface area contributed by atoms with Gasteiger partial charge in [0.25, 0.3) is 5.56 Å². The first-order valence-corrected chi connectivity index (χ1v) is 9.74. The zero-order valence-corrected chi connectivity index (χ0v) is 17.4. The number of nitrogens with one attached hydrogen (secondary N) is 1. The van der Waals surface area contributed by atoms with Crippen LogP contribution in [0.4, 0.5) is 5.69 Å². The van der Waals surface area contributed by atoms with Crippen molar-refractivity contribution in [2.24, 2.45) is 0 Å². The summed E-state index contributed by atoms with van der Waals surface area (Å²) in [6.45, 7) is 7.55. The van der Waals surface area contributed by atoms with E-state index >= 15 is 0 Å². The van der Waals surface area contributed by atoms with Gasteiger partial charge in [-0.2, -0.15) is 10.2 Å². The maximum absolute atomic E-state index is 13.0. The first kappa shape index (κ1) is 19.6. The Kier molecular flexibility index (Phi) is 4.95. The fourth-order valence-corrected chi connectivity index (χ4v) is 3.57. The van der Waals surface area contributed by atoms with Crippen molar-refractivity contribution in [2.75, 3.05) is 5.32 Å². The molecule has 0 aliphatic rings. The van der Waals surface area contributed by atoms with Gasteiger partial charge in [0.15, 0.2) is 5.52 Å². The minimum absolute atomic E-state index is 0.181. The van der Waals surface area contributed by atoms with E-state index in [4.69, 9.17) is 0 Å². The lowest BCUT2D eigenvalue weighted by Gasteiger charge is -2.09. The molecule has 4 rings (SSSR count). The lowest BCUT2D eigenvalue weighted by Crippen LogP contribution is -2.30. The topological polar surface area (TPSA) is 81.8 Å². The van der Waals surface area contributed by atoms with Crippen molar-refractivity contribution >= 4 is 22.5 Å². The number of nitrogens with zero attached hydrogens (tertiary/aromatic N) is 4. The third kappa shape index (κ3) is 3.50. The third-order valence-corrected chi connectivity index (χ3v) is 5.27. The van der Waals surface area contributed by atoms with Gasteiger partial charge < -0.3 is 5.32 Å². The number of aromatic nitrogens is 4. The van der Waals surface area contributed by atoms with Crippen LogP contribution in [0.25, 0.3) is 16.6 Å². The monoisotopic (exact) mass is 401 g/mol. The Balaban J connectivity index is 1.68. The summed E-state index contributed by atoms with van der Waals surface area (Å²) in [4.78, 5) is 25.5. The second kappa shape index (κ2) is 7.59. The van der Waals surface area contributed by atoms with Crippen molar-refractivity contribution in [1.82, 2.24) is 19.6 Å². The molecule has 2 aromatic carbocycles. The van der Waals surface area contributed by atoms with Gasteiger partial charge in [-0.25, -0.2) is 9.36 Å². The number of fused-ring (bicyclic) bond motifs is 1. The average molecular weight is 401 g/mol. The molecule has 0 radical (unpaired) electrons. The van der Waals surface area contributed by atoms with Crippen molar-refractivity contribution in [3.8, 4) is 5.69 Å². The molecule has 1 N–H and O–H groups in total. The number of amides is 1. The molecule has 7 heteroatoms. The first-order valence-electron chi connectivity index (χ1n) is 9.74. The fourth-order valence-electron chi connectivity index (χ4n) is 3.57. The van der Waals surface area contributed by atoms with Crippen LogP contribution in [0.2, 0.25) is 0 Å². The van der Waals surface area contributed by atoms with Crippen LogP contribution < -0.4 is 10.9 Å². The molecule has 1 amide bonds. The van der Waals surface area contributed by atoms with E-state index in [1.165, 1.54) is 4.68 Å². The summed E-state index contributed by atoms with van der Waals surface area (Å²) in [6.07, 6.45) is 0. The van der Waals surface area contributed by atoms with Gasteiger partial charge in [0.2, 0.25) is 5.91 Å². The molecule has 0 aliphatic carbocycles. The smallest absolute Gasteiger partial charge is 0.295 e. The molecule has 0 spiro atoms. The number of hydrogen-bond acceptors (Lipinski definition) is 4. The minimum atomic E-state index is -0.386. The Morgan fingerprint density at radius 3 is 2.40 bits per heavy atom. The van der Waals surface area contributed by atoms with Gasteiger partial charge in [-0.05, 0) is 63.1 Å². The van der Waals surface area contributed by atoms with E-state index in [1.54, 1.807) is 4.68 Å². The van der Waals surface area contributed by atoms with E-state index in [1.807, 2.05) is 76.2 Å². The highest BCUT2D eigenvalue weighted by molar-refractivity contribution is 5.91. The predicted octanol–water partition coefficient (Wildman–Crippen LogP) is 3.45. The molecular formula is C23H23N5O2. The van der Waals surface area contributed by atoms with Crippen LogP contribution in [0, 0.1) is 27.7 Å². The van der Waals surface area contributed by atoms with Gasteiger partial charge in [0, 0.05) is 5.69 Å². The SMILES string of the molecule is Cc1ccc(NC(=O)Cn2nc(C)c3c(C)n(-c4ccccc4)nc3c2=O)cc1C. The average Bonchev–Trinajstić information content (AvgIpc) is 3.07. The normalized spacial score (nSPS) is 11.1. The molecule has 7 nitrogen and oxygen atoms in total. The summed E-state index contributed by atoms with van der Waals surface area (Å²) in [6, 6.07) is 15.3. The lowest BCUT2D eigenvalue weighted by molar-refractivity contribution is -0.117. The van der Waals surface area contributed by atoms with Crippen LogP contribution >= 0.6 is 0 Å². The summed E-state index contributed by atoms with van der Waals surface area (Å²) in [7, 11) is 0. The van der Waals surface area contributed by atoms with Gasteiger partial charge >= 0.3 is 0 Å². The summed E-state index contributed by atoms with van der Waals surface area (Å²) in [5.74, 6) is -0.314. The second-order valence-electron chi connectivity index (χ2n) is 7.45. The van der Waals surface area contributed by atoms with Gasteiger partial charge in [-0.3, -0.25) is 9.59 Å². The zero-order valence-electron chi connectivity index (χ0n) is 17.4. The molecule has 0 saturated carbocycles. The van der Waals surface area contributed by atoms with E-state index in [-0.39, 0.29) is 18.0 Å². The second-order valence-corrected chi connectivity index (χ2v) is 7.45. The maximum Gasteiger partial charge on any atom is 0.295 e. The number of carbonyl (C=O) groups is 1. The van der Waals surface area contributed by atoms with Crippen molar-refractivity contribution in [1.29, 1.82) is 0 Å². The number of carbonyl (C=O) groups excluding carboxylic acids is 1. The summed E-state index contributed by atoms with van der Waals surface area (Å²) >= 11 is 0. The van der Waals surface area contributed by atoms with E-state index in [9.17, 15) is 9.59 Å². The van der Waals surface area contributed by atoms with Gasteiger partial charge in [0.05, 0.1) is 22.5 Å². The highest BCUT2D eigenvalue weighted by Gasteiger charge is 2.18. The van der Waals surface area contributed by atoms with Crippen LogP contribution in [0.1, 0.15) is 22.5 Å². The predicted molar refractivity (Wildman–Crippen MR) is 117 cm³/mol. The first-order chi connectivity index (χ1) is 14.3. The Morgan fingerprint density at radius 2 is 1.70 bits per heavy atom. The zero-order chi connectivity index (χ0) is 21.4. The number of rotatable bonds is 4. The van der Waals surface area contributed by atoms with Crippen molar-refractivity contribution < 1.29 is 4.79 Å². The molecular weight excluding hydrogens is 378 g/mol. The van der Waals surface area contributed by atoms with E-state index in [0.29, 0.717) is 16.9 Å². The highest BCUT2D eigenvalue weighted by Crippen LogP contribution is 2.21. The summed E-state index contributed by atoms with van der Waals surface area (Å²) in [5, 5.41) is 12.4. The maximum atomic E-state index is 13.0. The molecule has 152 valence electrons. The van der Waals surface area contributed by atoms with Gasteiger partial charge in [-0.1, -0.05) is 24.3 Å². The summed E-state index contributed by atoms with van der Waals surface area (Å²) in [5.41, 5.74) is 5.21. The number of aryl methyl sites for hydroxylation is 4. The Bertz CT molecular complexity index is 1320. The van der Waals surface area contributed by atoms with E-state index in [2.05, 4.69) is 15.5 Å². The molecule has 0 atom stereocenters. The van der Waals surface area contributed by atoms with Crippen LogP contribution in [0.15, 0.2) is 53.3 Å². The molecule has 30 heavy (non-hydrogen) atoms. The summed E-state index contributed by atoms with van der Waals surface area (Å²) < 4.78 is 2.91. The van der Waals surface area contributed by atoms with Crippen molar-refractivity contribution in [2.45, 2.75) is 34.2 Å². The molecule has 2 heterocycles. The van der Waals surface area contributed by atoms with Gasteiger partial charge in [-0.15, -0.1) is 0 Å². The molecule has 0 fully saturated rings. The van der Waals surface area contributed by atoms with Crippen molar-refractivity contribution in [3.05, 3.63) is 81.4 Å². The molecule has 2 aromatic heterocycles. The molecule has 0 unspecified atom stereocenters. The Morgan fingerprint density at radius 1 is 0.967 bits per heavy atom. The number of benzene rings is 2. The molecule has 0 bridgehead atoms. The minimum Gasteiger partial charge on any atom is -0.324 e. The third-order valence-electron chi connectivity index (χ3n) is 5.27. The standard InChI is InChI=1S/C23H23N5O2/c1-14-10-11-18(12-15(14)2)24-20(29)13-27-23(30)22-21(16(3)25-27)17(4)28(26-22)19-8-6-5-7-9-19/h5-12H,13H2,1-4H3,(H,24,29). The van der Waals surface area contributed by atoms with Crippen LogP contribution in [0.3, 0.4) is 0 Å². The molecule has 4 aromatic rings. The van der Waals surface area contributed by atoms with Crippen LogP contribution in [0.5, 0.6) is 0 Å². The van der Waals surface area contributed by atoms with E-state index < -0.39 is 0 Å². The lowest BCUT2D eigenvalue weighted by atomic mass is 10.1. The molecule has 0 aliphatic heterocycles. The Labute approximate surface area is 174 Å². The number of anilines is 1. The number of hydrogen-bond donors (Lipinski definition) is 1. The van der Waals surface area contributed by atoms with Crippen LogP contribution in [-0.4, -0.2) is 25.5 Å². The highest BCUT2D eigenvalue weighted by atomic mass is 16.2. The van der Waals surface area contributed by atoms with Gasteiger partial charge in [0.1, 0.15) is 6.54 Å². The van der Waals surface area contributed by atoms with Crippen LogP contribution in [-0.2, 0) is 11.3 Å². The Hall–Kier alpha value is -3.74. The van der Waals surface area contributed by atoms with E-state index in [0.717, 1.165) is 27.9 Å². The largest absolute Gasteiger partial charge is 0.324 e. The fraction of sp³-hybridized carbons (Fsp3) is 0.217. The quantitative estimate of drug-likeness (QED) is 0.568. The number of para-hydroxylation sites is 1. The van der Waals surface area contributed by atoms with Crippen molar-refractivity contribution in [3.63, 3.8) is 0 Å².